The van der Waals surface area contributed by atoms with Gasteiger partial charge in [0.15, 0.2) is 0 Å². The number of nitrogens with zero attached hydrogens (tertiary/aromatic N) is 2. The van der Waals surface area contributed by atoms with Crippen molar-refractivity contribution in [3.63, 3.8) is 0 Å². The second-order valence-corrected chi connectivity index (χ2v) is 13.2. The minimum atomic E-state index is -3.77. The molecule has 0 aromatic heterocycles. The maximum Gasteiger partial charge on any atom is 0.243 e. The summed E-state index contributed by atoms with van der Waals surface area (Å²) in [4.78, 5) is 0.702. The molecule has 33 heavy (non-hydrogen) atoms. The lowest BCUT2D eigenvalue weighted by Gasteiger charge is -2.39. The van der Waals surface area contributed by atoms with Gasteiger partial charge in [0, 0.05) is 25.7 Å². The molecule has 0 bridgehead atoms. The van der Waals surface area contributed by atoms with E-state index in [0.29, 0.717) is 9.79 Å². The van der Waals surface area contributed by atoms with Gasteiger partial charge < -0.3 is 0 Å². The maximum atomic E-state index is 13.7. The zero-order valence-corrected chi connectivity index (χ0v) is 22.8. The Morgan fingerprint density at radius 3 is 1.36 bits per heavy atom. The van der Waals surface area contributed by atoms with Crippen LogP contribution in [0.15, 0.2) is 21.9 Å². The fourth-order valence-electron chi connectivity index (χ4n) is 4.86. The Bertz CT molecular complexity index is 1280. The molecule has 0 amide bonds. The van der Waals surface area contributed by atoms with Crippen LogP contribution in [-0.4, -0.2) is 51.1 Å². The van der Waals surface area contributed by atoms with Crippen molar-refractivity contribution < 1.29 is 16.8 Å². The second kappa shape index (κ2) is 8.80. The van der Waals surface area contributed by atoms with Crippen LogP contribution in [0.25, 0.3) is 0 Å². The Morgan fingerprint density at radius 1 is 0.636 bits per heavy atom. The average Bonchev–Trinajstić information content (AvgIpc) is 2.70. The Hall–Kier alpha value is -1.74. The molecule has 1 aliphatic rings. The van der Waals surface area contributed by atoms with E-state index in [9.17, 15) is 16.8 Å². The van der Waals surface area contributed by atoms with E-state index in [2.05, 4.69) is 0 Å². The summed E-state index contributed by atoms with van der Waals surface area (Å²) >= 11 is 0. The van der Waals surface area contributed by atoms with Gasteiger partial charge in [0.2, 0.25) is 20.0 Å². The molecule has 6 nitrogen and oxygen atoms in total. The first-order valence-electron chi connectivity index (χ1n) is 11.3. The molecule has 0 spiro atoms. The van der Waals surface area contributed by atoms with Crippen LogP contribution < -0.4 is 0 Å². The summed E-state index contributed by atoms with van der Waals surface area (Å²) in [5, 5.41) is 0. The van der Waals surface area contributed by atoms with Crippen LogP contribution in [0.5, 0.6) is 0 Å². The van der Waals surface area contributed by atoms with Gasteiger partial charge in [-0.3, -0.25) is 0 Å². The van der Waals surface area contributed by atoms with Crippen molar-refractivity contribution in [2.24, 2.45) is 0 Å². The summed E-state index contributed by atoms with van der Waals surface area (Å²) in [5.74, 6) is 0. The van der Waals surface area contributed by atoms with Crippen molar-refractivity contribution >= 4 is 20.0 Å². The SMILES string of the molecule is Cc1cc(C)c(C)c(S(=O)(=O)N2CCN(S(=O)(=O)c3c(C)c(C)cc(C)c3C)[C@H](C)C2)c1C. The summed E-state index contributed by atoms with van der Waals surface area (Å²) in [6, 6.07) is 3.53. The van der Waals surface area contributed by atoms with E-state index in [1.165, 1.54) is 8.61 Å². The van der Waals surface area contributed by atoms with Crippen LogP contribution in [-0.2, 0) is 20.0 Å². The van der Waals surface area contributed by atoms with Crippen molar-refractivity contribution in [1.29, 1.82) is 0 Å². The van der Waals surface area contributed by atoms with Gasteiger partial charge in [0.25, 0.3) is 0 Å². The topological polar surface area (TPSA) is 74.8 Å². The highest BCUT2D eigenvalue weighted by Crippen LogP contribution is 2.33. The first-order chi connectivity index (χ1) is 15.1. The molecule has 2 aromatic carbocycles. The summed E-state index contributed by atoms with van der Waals surface area (Å²) in [7, 11) is -7.52. The number of hydrogen-bond donors (Lipinski definition) is 0. The van der Waals surface area contributed by atoms with Gasteiger partial charge in [-0.05, 0) is 107 Å². The first-order valence-corrected chi connectivity index (χ1v) is 14.2. The standard InChI is InChI=1S/C25H36N2O4S2/c1-15-12-16(2)21(7)24(20(15)6)32(28,29)26-10-11-27(19(5)14-26)33(30,31)25-22(8)17(3)13-18(4)23(25)9/h12-13,19H,10-11,14H2,1-9H3/t19-/m1/s1. The van der Waals surface area contributed by atoms with Crippen molar-refractivity contribution in [1.82, 2.24) is 8.61 Å². The molecule has 8 heteroatoms. The lowest BCUT2D eigenvalue weighted by molar-refractivity contribution is 0.212. The number of sulfonamides is 2. The fourth-order valence-corrected chi connectivity index (χ4v) is 9.15. The van der Waals surface area contributed by atoms with Crippen molar-refractivity contribution in [3.05, 3.63) is 56.6 Å². The lowest BCUT2D eigenvalue weighted by Crippen LogP contribution is -2.55. The molecule has 0 aliphatic carbocycles. The molecule has 1 fully saturated rings. The molecule has 3 rings (SSSR count). The monoisotopic (exact) mass is 492 g/mol. The third-order valence-electron chi connectivity index (χ3n) is 7.29. The highest BCUT2D eigenvalue weighted by molar-refractivity contribution is 7.89. The fraction of sp³-hybridized carbons (Fsp3) is 0.520. The third kappa shape index (κ3) is 4.27. The normalized spacial score (nSPS) is 18.6. The summed E-state index contributed by atoms with van der Waals surface area (Å²) in [6.07, 6.45) is 0. The van der Waals surface area contributed by atoms with Crippen LogP contribution in [0.3, 0.4) is 0 Å². The Kier molecular flexibility index (Phi) is 6.90. The number of piperazine rings is 1. The number of rotatable bonds is 4. The smallest absolute Gasteiger partial charge is 0.207 e. The van der Waals surface area contributed by atoms with Crippen LogP contribution in [0, 0.1) is 55.4 Å². The van der Waals surface area contributed by atoms with E-state index in [0.717, 1.165) is 44.5 Å². The number of benzene rings is 2. The molecule has 0 radical (unpaired) electrons. The van der Waals surface area contributed by atoms with Crippen LogP contribution in [0.2, 0.25) is 0 Å². The Labute approximate surface area is 199 Å². The molecular weight excluding hydrogens is 456 g/mol. The van der Waals surface area contributed by atoms with Crippen LogP contribution in [0.1, 0.15) is 51.4 Å². The minimum absolute atomic E-state index is 0.121. The van der Waals surface area contributed by atoms with E-state index in [1.54, 1.807) is 6.92 Å². The minimum Gasteiger partial charge on any atom is -0.207 e. The first kappa shape index (κ1) is 25.9. The average molecular weight is 493 g/mol. The van der Waals surface area contributed by atoms with Gasteiger partial charge in [-0.2, -0.15) is 8.61 Å². The molecular formula is C25H36N2O4S2. The summed E-state index contributed by atoms with van der Waals surface area (Å²) in [6.45, 7) is 17.2. The molecule has 1 heterocycles. The van der Waals surface area contributed by atoms with Crippen LogP contribution >= 0.6 is 0 Å². The molecule has 182 valence electrons. The highest BCUT2D eigenvalue weighted by atomic mass is 32.2. The molecule has 0 saturated carbocycles. The van der Waals surface area contributed by atoms with Gasteiger partial charge in [-0.25, -0.2) is 16.8 Å². The maximum absolute atomic E-state index is 13.7. The predicted octanol–water partition coefficient (Wildman–Crippen LogP) is 4.24. The van der Waals surface area contributed by atoms with Gasteiger partial charge in [-0.15, -0.1) is 0 Å². The Morgan fingerprint density at radius 2 is 1.00 bits per heavy atom. The molecule has 1 atom stereocenters. The highest BCUT2D eigenvalue weighted by Gasteiger charge is 2.40. The zero-order chi connectivity index (χ0) is 25.0. The van der Waals surface area contributed by atoms with Gasteiger partial charge in [-0.1, -0.05) is 12.1 Å². The van der Waals surface area contributed by atoms with E-state index < -0.39 is 26.1 Å². The quantitative estimate of drug-likeness (QED) is 0.640. The number of aryl methyl sites for hydroxylation is 4. The molecule has 2 aromatic rings. The number of hydrogen-bond acceptors (Lipinski definition) is 4. The zero-order valence-electron chi connectivity index (χ0n) is 21.2. The summed E-state index contributed by atoms with van der Waals surface area (Å²) < 4.78 is 57.7. The van der Waals surface area contributed by atoms with Crippen molar-refractivity contribution in [3.8, 4) is 0 Å². The van der Waals surface area contributed by atoms with Gasteiger partial charge >= 0.3 is 0 Å². The van der Waals surface area contributed by atoms with Crippen molar-refractivity contribution in [2.45, 2.75) is 78.1 Å². The molecule has 1 saturated heterocycles. The van der Waals surface area contributed by atoms with Crippen molar-refractivity contribution in [2.75, 3.05) is 19.6 Å². The van der Waals surface area contributed by atoms with E-state index in [-0.39, 0.29) is 19.6 Å². The van der Waals surface area contributed by atoms with Gasteiger partial charge in [0.1, 0.15) is 0 Å². The lowest BCUT2D eigenvalue weighted by atomic mass is 10.0. The van der Waals surface area contributed by atoms with E-state index in [4.69, 9.17) is 0 Å². The third-order valence-corrected chi connectivity index (χ3v) is 11.7. The van der Waals surface area contributed by atoms with Gasteiger partial charge in [0.05, 0.1) is 9.79 Å². The van der Waals surface area contributed by atoms with Crippen LogP contribution in [0.4, 0.5) is 0 Å². The largest absolute Gasteiger partial charge is 0.243 e. The molecule has 0 unspecified atom stereocenters. The predicted molar refractivity (Wildman–Crippen MR) is 133 cm³/mol. The van der Waals surface area contributed by atoms with E-state index >= 15 is 0 Å². The molecule has 0 N–H and O–H groups in total. The summed E-state index contributed by atoms with van der Waals surface area (Å²) in [5.41, 5.74) is 6.75. The van der Waals surface area contributed by atoms with E-state index in [1.807, 2.05) is 67.5 Å². The Balaban J connectivity index is 1.99. The second-order valence-electron chi connectivity index (χ2n) is 9.51. The molecule has 1 aliphatic heterocycles.